The predicted molar refractivity (Wildman–Crippen MR) is 137 cm³/mol. The first-order valence-electron chi connectivity index (χ1n) is 11.5. The van der Waals surface area contributed by atoms with E-state index in [0.29, 0.717) is 40.0 Å². The summed E-state index contributed by atoms with van der Waals surface area (Å²) in [6.07, 6.45) is 3.56. The maximum atomic E-state index is 13.8. The molecular weight excluding hydrogens is 440 g/mol. The molecule has 0 radical (unpaired) electrons. The fourth-order valence-corrected chi connectivity index (χ4v) is 4.28. The van der Waals surface area contributed by atoms with Crippen molar-refractivity contribution >= 4 is 27.7 Å². The Balaban J connectivity index is 1.68. The number of ketones is 1. The van der Waals surface area contributed by atoms with E-state index in [4.69, 9.17) is 13.6 Å². The van der Waals surface area contributed by atoms with Crippen molar-refractivity contribution in [2.45, 2.75) is 19.8 Å². The smallest absolute Gasteiger partial charge is 0.336 e. The van der Waals surface area contributed by atoms with Gasteiger partial charge in [0.1, 0.15) is 16.9 Å². The first-order valence-corrected chi connectivity index (χ1v) is 11.5. The monoisotopic (exact) mass is 464 g/mol. The summed E-state index contributed by atoms with van der Waals surface area (Å²) < 4.78 is 17.6. The van der Waals surface area contributed by atoms with Crippen LogP contribution in [0.5, 0.6) is 5.75 Å². The van der Waals surface area contributed by atoms with E-state index in [2.05, 4.69) is 6.58 Å². The summed E-state index contributed by atoms with van der Waals surface area (Å²) in [5.74, 6) is 0.524. The highest BCUT2D eigenvalue weighted by Crippen LogP contribution is 2.40. The van der Waals surface area contributed by atoms with Crippen molar-refractivity contribution in [1.82, 2.24) is 0 Å². The van der Waals surface area contributed by atoms with Crippen LogP contribution >= 0.6 is 0 Å². The van der Waals surface area contributed by atoms with Crippen LogP contribution in [0.1, 0.15) is 34.5 Å². The van der Waals surface area contributed by atoms with Crippen molar-refractivity contribution in [1.29, 1.82) is 0 Å². The number of hydrogen-bond acceptors (Lipinski definition) is 5. The van der Waals surface area contributed by atoms with Crippen molar-refractivity contribution in [2.24, 2.45) is 0 Å². The second-order valence-corrected chi connectivity index (χ2v) is 8.37. The van der Waals surface area contributed by atoms with Gasteiger partial charge >= 0.3 is 5.63 Å². The van der Waals surface area contributed by atoms with E-state index < -0.39 is 5.63 Å². The van der Waals surface area contributed by atoms with Crippen molar-refractivity contribution in [3.05, 3.63) is 113 Å². The number of allylic oxidation sites excluding steroid dienone is 1. The number of ether oxygens (including phenoxy) is 1. The molecule has 174 valence electrons. The molecule has 5 aromatic rings. The molecule has 0 atom stereocenters. The van der Waals surface area contributed by atoms with Gasteiger partial charge in [0.2, 0.25) is 5.78 Å². The average molecular weight is 465 g/mol. The van der Waals surface area contributed by atoms with Gasteiger partial charge in [0.15, 0.2) is 5.76 Å². The van der Waals surface area contributed by atoms with Gasteiger partial charge in [0.25, 0.3) is 0 Å². The molecule has 0 aliphatic carbocycles. The van der Waals surface area contributed by atoms with Gasteiger partial charge in [-0.1, -0.05) is 48.5 Å². The van der Waals surface area contributed by atoms with Gasteiger partial charge in [-0.15, -0.1) is 6.58 Å². The number of hydrogen-bond donors (Lipinski definition) is 0. The molecule has 5 heteroatoms. The van der Waals surface area contributed by atoms with Crippen LogP contribution in [0.15, 0.2) is 99.1 Å². The van der Waals surface area contributed by atoms with E-state index in [-0.39, 0.29) is 11.5 Å². The molecule has 0 aliphatic heterocycles. The third-order valence-electron chi connectivity index (χ3n) is 5.96. The highest BCUT2D eigenvalue weighted by Gasteiger charge is 2.26. The molecule has 2 aromatic heterocycles. The van der Waals surface area contributed by atoms with Crippen LogP contribution in [0.4, 0.5) is 0 Å². The van der Waals surface area contributed by atoms with Gasteiger partial charge in [-0.25, -0.2) is 4.79 Å². The van der Waals surface area contributed by atoms with Gasteiger partial charge < -0.3 is 13.6 Å². The summed E-state index contributed by atoms with van der Waals surface area (Å²) >= 11 is 0. The number of carbonyl (C=O) groups is 1. The molecule has 0 saturated carbocycles. The Bertz CT molecular complexity index is 1610. The lowest BCUT2D eigenvalue weighted by Crippen LogP contribution is -2.03. The molecule has 0 bridgehead atoms. The van der Waals surface area contributed by atoms with Crippen LogP contribution in [-0.4, -0.2) is 12.4 Å². The first kappa shape index (κ1) is 22.4. The largest absolute Gasteiger partial charge is 0.494 e. The maximum Gasteiger partial charge on any atom is 0.336 e. The Hall–Kier alpha value is -4.38. The predicted octanol–water partition coefficient (Wildman–Crippen LogP) is 7.09. The van der Waals surface area contributed by atoms with E-state index in [1.165, 1.54) is 6.07 Å². The lowest BCUT2D eigenvalue weighted by atomic mass is 9.96. The zero-order valence-electron chi connectivity index (χ0n) is 19.4. The number of unbranched alkanes of at least 4 members (excludes halogenated alkanes) is 1. The summed E-state index contributed by atoms with van der Waals surface area (Å²) in [7, 11) is 0. The van der Waals surface area contributed by atoms with Crippen LogP contribution in [-0.2, 0) is 0 Å². The van der Waals surface area contributed by atoms with E-state index in [0.717, 1.165) is 29.4 Å². The average Bonchev–Trinajstić information content (AvgIpc) is 3.27. The fourth-order valence-electron chi connectivity index (χ4n) is 4.28. The second-order valence-electron chi connectivity index (χ2n) is 8.37. The first-order chi connectivity index (χ1) is 17.1. The van der Waals surface area contributed by atoms with Gasteiger partial charge in [-0.3, -0.25) is 4.79 Å². The van der Waals surface area contributed by atoms with E-state index in [1.807, 2.05) is 61.5 Å². The number of carbonyl (C=O) groups excluding carboxylic acids is 1. The minimum Gasteiger partial charge on any atom is -0.494 e. The summed E-state index contributed by atoms with van der Waals surface area (Å²) in [4.78, 5) is 26.0. The molecule has 0 spiro atoms. The summed E-state index contributed by atoms with van der Waals surface area (Å²) in [5.41, 5.74) is 3.08. The summed E-state index contributed by atoms with van der Waals surface area (Å²) in [6.45, 7) is 6.12. The lowest BCUT2D eigenvalue weighted by molar-refractivity contribution is 0.101. The van der Waals surface area contributed by atoms with Crippen LogP contribution < -0.4 is 10.4 Å². The standard InChI is InChI=1S/C30H24O5/c1-3-4-8-16-33-22-13-9-12-21(18-22)28(32)30-26(20-10-6-5-7-11-20)27-24(34-30)15-14-23-19(2)17-25(31)35-29(23)27/h3,5-7,9-15,17-18H,1,4,8,16H2,2H3. The van der Waals surface area contributed by atoms with Gasteiger partial charge in [-0.2, -0.15) is 0 Å². The fraction of sp³-hybridized carbons (Fsp3) is 0.133. The molecule has 2 heterocycles. The molecule has 0 amide bonds. The molecule has 0 unspecified atom stereocenters. The highest BCUT2D eigenvalue weighted by atomic mass is 16.5. The lowest BCUT2D eigenvalue weighted by Gasteiger charge is -2.08. The van der Waals surface area contributed by atoms with Crippen molar-refractivity contribution in [3.8, 4) is 16.9 Å². The number of furan rings is 1. The van der Waals surface area contributed by atoms with E-state index in [1.54, 1.807) is 18.2 Å². The van der Waals surface area contributed by atoms with Crippen LogP contribution in [0.3, 0.4) is 0 Å². The molecule has 35 heavy (non-hydrogen) atoms. The maximum absolute atomic E-state index is 13.8. The molecule has 0 fully saturated rings. The summed E-state index contributed by atoms with van der Waals surface area (Å²) in [6, 6.07) is 21.7. The Morgan fingerprint density at radius 1 is 1.00 bits per heavy atom. The second kappa shape index (κ2) is 9.47. The third kappa shape index (κ3) is 4.28. The van der Waals surface area contributed by atoms with Crippen LogP contribution in [0, 0.1) is 6.92 Å². The molecule has 0 aliphatic rings. The topological polar surface area (TPSA) is 69.7 Å². The third-order valence-corrected chi connectivity index (χ3v) is 5.96. The number of fused-ring (bicyclic) bond motifs is 3. The summed E-state index contributed by atoms with van der Waals surface area (Å²) in [5, 5.41) is 1.40. The Morgan fingerprint density at radius 3 is 2.63 bits per heavy atom. The SMILES string of the molecule is C=CCCCOc1cccc(C(=O)c2oc3ccc4c(C)cc(=O)oc4c3c2-c2ccccc2)c1. The van der Waals surface area contributed by atoms with Crippen molar-refractivity contribution in [3.63, 3.8) is 0 Å². The minimum absolute atomic E-state index is 0.187. The van der Waals surface area contributed by atoms with Gasteiger partial charge in [-0.05, 0) is 55.2 Å². The van der Waals surface area contributed by atoms with E-state index in [9.17, 15) is 9.59 Å². The molecule has 5 nitrogen and oxygen atoms in total. The Labute approximate surface area is 202 Å². The molecule has 5 rings (SSSR count). The number of aryl methyl sites for hydroxylation is 1. The normalized spacial score (nSPS) is 11.1. The quantitative estimate of drug-likeness (QED) is 0.106. The highest BCUT2D eigenvalue weighted by molar-refractivity contribution is 6.20. The zero-order valence-corrected chi connectivity index (χ0v) is 19.4. The molecule has 0 N–H and O–H groups in total. The van der Waals surface area contributed by atoms with Crippen molar-refractivity contribution in [2.75, 3.05) is 6.61 Å². The Kier molecular flexibility index (Phi) is 6.06. The molecule has 0 saturated heterocycles. The van der Waals surface area contributed by atoms with Crippen LogP contribution in [0.2, 0.25) is 0 Å². The molecule has 3 aromatic carbocycles. The van der Waals surface area contributed by atoms with Crippen molar-refractivity contribution < 1.29 is 18.4 Å². The Morgan fingerprint density at radius 2 is 1.83 bits per heavy atom. The minimum atomic E-state index is -0.447. The van der Waals surface area contributed by atoms with Gasteiger partial charge in [0.05, 0.1) is 12.0 Å². The zero-order chi connectivity index (χ0) is 24.4. The molecular formula is C30H24O5. The van der Waals surface area contributed by atoms with Crippen LogP contribution in [0.25, 0.3) is 33.1 Å². The van der Waals surface area contributed by atoms with Gasteiger partial charge in [0, 0.05) is 22.6 Å². The number of rotatable bonds is 8. The number of benzene rings is 3. The van der Waals surface area contributed by atoms with E-state index >= 15 is 0 Å².